The number of rotatable bonds is 7. The Labute approximate surface area is 133 Å². The maximum atomic E-state index is 12.4. The van der Waals surface area contributed by atoms with Crippen molar-refractivity contribution >= 4 is 34.5 Å². The van der Waals surface area contributed by atoms with Crippen LogP contribution in [0.3, 0.4) is 0 Å². The molecule has 1 unspecified atom stereocenters. The molecule has 2 N–H and O–H groups in total. The van der Waals surface area contributed by atoms with Gasteiger partial charge in [-0.25, -0.2) is 4.98 Å². The molecule has 0 fully saturated rings. The lowest BCUT2D eigenvalue weighted by molar-refractivity contribution is -0.144. The highest BCUT2D eigenvalue weighted by Gasteiger charge is 2.47. The van der Waals surface area contributed by atoms with E-state index in [1.165, 1.54) is 0 Å². The van der Waals surface area contributed by atoms with Crippen LogP contribution in [0.1, 0.15) is 33.6 Å². The quantitative estimate of drug-likeness (QED) is 0.602. The second-order valence-electron chi connectivity index (χ2n) is 5.67. The van der Waals surface area contributed by atoms with E-state index in [-0.39, 0.29) is 24.5 Å². The minimum absolute atomic E-state index is 0.0866. The molecule has 0 saturated heterocycles. The van der Waals surface area contributed by atoms with Gasteiger partial charge in [0.25, 0.3) is 0 Å². The van der Waals surface area contributed by atoms with Crippen LogP contribution in [0, 0.1) is 5.92 Å². The molecule has 1 heterocycles. The number of carbonyl (C=O) groups is 2. The van der Waals surface area contributed by atoms with Gasteiger partial charge in [-0.05, 0) is 24.5 Å². The molecule has 22 heavy (non-hydrogen) atoms. The van der Waals surface area contributed by atoms with Crippen LogP contribution in [0.4, 0.5) is 0 Å². The number of para-hydroxylation sites is 2. The van der Waals surface area contributed by atoms with Gasteiger partial charge in [-0.3, -0.25) is 9.59 Å². The Kier molecular flexibility index (Phi) is 4.90. The zero-order chi connectivity index (χ0) is 16.3. The maximum Gasteiger partial charge on any atom is 0.327 e. The topological polar surface area (TPSA) is 83.0 Å². The predicted molar refractivity (Wildman–Crippen MR) is 87.1 cm³/mol. The molecule has 1 aromatic heterocycles. The van der Waals surface area contributed by atoms with Crippen LogP contribution in [0.2, 0.25) is 0 Å². The van der Waals surface area contributed by atoms with E-state index < -0.39 is 10.7 Å². The molecule has 0 saturated carbocycles. The molecule has 0 radical (unpaired) electrons. The van der Waals surface area contributed by atoms with Crippen LogP contribution in [-0.2, 0) is 9.59 Å². The molecule has 0 spiro atoms. The maximum absolute atomic E-state index is 12.4. The monoisotopic (exact) mass is 320 g/mol. The van der Waals surface area contributed by atoms with Gasteiger partial charge >= 0.3 is 5.97 Å². The van der Waals surface area contributed by atoms with Crippen molar-refractivity contribution < 1.29 is 14.7 Å². The van der Waals surface area contributed by atoms with Gasteiger partial charge in [-0.2, -0.15) is 0 Å². The fourth-order valence-electron chi connectivity index (χ4n) is 2.47. The van der Waals surface area contributed by atoms with Crippen molar-refractivity contribution in [2.45, 2.75) is 43.5 Å². The molecule has 0 aliphatic rings. The van der Waals surface area contributed by atoms with E-state index in [4.69, 9.17) is 0 Å². The third kappa shape index (κ3) is 3.16. The highest BCUT2D eigenvalue weighted by Crippen LogP contribution is 2.39. The number of benzene rings is 1. The van der Waals surface area contributed by atoms with Crippen molar-refractivity contribution in [2.24, 2.45) is 5.92 Å². The number of ketones is 1. The molecule has 0 bridgehead atoms. The Morgan fingerprint density at radius 2 is 2.05 bits per heavy atom. The third-order valence-electron chi connectivity index (χ3n) is 3.45. The first-order valence-electron chi connectivity index (χ1n) is 7.29. The van der Waals surface area contributed by atoms with Crippen LogP contribution in [0.5, 0.6) is 0 Å². The number of nitrogens with zero attached hydrogens (tertiary/aromatic N) is 1. The number of hydrogen-bond acceptors (Lipinski definition) is 4. The van der Waals surface area contributed by atoms with Gasteiger partial charge in [0.2, 0.25) is 0 Å². The molecular weight excluding hydrogens is 300 g/mol. The van der Waals surface area contributed by atoms with Crippen molar-refractivity contribution in [2.75, 3.05) is 0 Å². The van der Waals surface area contributed by atoms with Gasteiger partial charge in [0, 0.05) is 6.42 Å². The summed E-state index contributed by atoms with van der Waals surface area (Å²) in [5.74, 6) is -1.29. The summed E-state index contributed by atoms with van der Waals surface area (Å²) in [5.41, 5.74) is 1.59. The Morgan fingerprint density at radius 3 is 2.59 bits per heavy atom. The largest absolute Gasteiger partial charge is 0.480 e. The predicted octanol–water partition coefficient (Wildman–Crippen LogP) is 3.50. The van der Waals surface area contributed by atoms with Crippen molar-refractivity contribution in [3.05, 3.63) is 24.3 Å². The highest BCUT2D eigenvalue weighted by molar-refractivity contribution is 8.02. The number of nitrogens with one attached hydrogen (secondary N) is 1. The van der Waals surface area contributed by atoms with E-state index in [1.807, 2.05) is 38.1 Å². The minimum atomic E-state index is -1.49. The average Bonchev–Trinajstić information content (AvgIpc) is 2.86. The van der Waals surface area contributed by atoms with E-state index in [1.54, 1.807) is 6.92 Å². The van der Waals surface area contributed by atoms with E-state index >= 15 is 0 Å². The van der Waals surface area contributed by atoms with Crippen LogP contribution in [0.25, 0.3) is 11.0 Å². The van der Waals surface area contributed by atoms with Crippen molar-refractivity contribution in [1.82, 2.24) is 9.97 Å². The van der Waals surface area contributed by atoms with Gasteiger partial charge in [0.1, 0.15) is 0 Å². The Balaban J connectivity index is 2.43. The standard InChI is InChI=1S/C16H20N2O3S/c1-4-13(19)16(14(20)21,9-10(2)3)22-15-17-11-7-5-6-8-12(11)18-15/h5-8,10H,4,9H2,1-3H3,(H,17,18)(H,20,21). The minimum Gasteiger partial charge on any atom is -0.480 e. The third-order valence-corrected chi connectivity index (χ3v) is 4.76. The summed E-state index contributed by atoms with van der Waals surface area (Å²) in [6, 6.07) is 7.47. The lowest BCUT2D eigenvalue weighted by Crippen LogP contribution is -2.44. The van der Waals surface area contributed by atoms with Gasteiger partial charge in [0.15, 0.2) is 15.7 Å². The number of aromatic amines is 1. The first kappa shape index (κ1) is 16.5. The summed E-state index contributed by atoms with van der Waals surface area (Å²) in [7, 11) is 0. The number of carboxylic acids is 1. The lowest BCUT2D eigenvalue weighted by atomic mass is 9.91. The van der Waals surface area contributed by atoms with Gasteiger partial charge < -0.3 is 10.1 Å². The molecule has 0 aliphatic carbocycles. The highest BCUT2D eigenvalue weighted by atomic mass is 32.2. The van der Waals surface area contributed by atoms with E-state index in [2.05, 4.69) is 9.97 Å². The number of imidazole rings is 1. The van der Waals surface area contributed by atoms with E-state index in [0.29, 0.717) is 5.16 Å². The average molecular weight is 320 g/mol. The summed E-state index contributed by atoms with van der Waals surface area (Å²) in [5, 5.41) is 10.2. The molecule has 0 amide bonds. The number of hydrogen-bond donors (Lipinski definition) is 2. The van der Waals surface area contributed by atoms with E-state index in [9.17, 15) is 14.7 Å². The summed E-state index contributed by atoms with van der Waals surface area (Å²) in [4.78, 5) is 31.8. The molecule has 118 valence electrons. The number of thioether (sulfide) groups is 1. The summed E-state index contributed by atoms with van der Waals surface area (Å²) in [6.07, 6.45) is 0.461. The van der Waals surface area contributed by atoms with Gasteiger partial charge in [-0.1, -0.05) is 44.7 Å². The number of fused-ring (bicyclic) bond motifs is 1. The van der Waals surface area contributed by atoms with Crippen molar-refractivity contribution in [1.29, 1.82) is 0 Å². The molecule has 2 aromatic rings. The SMILES string of the molecule is CCC(=O)C(CC(C)C)(Sc1nc2ccccc2[nH]1)C(=O)O. The molecule has 1 atom stereocenters. The van der Waals surface area contributed by atoms with Crippen LogP contribution < -0.4 is 0 Å². The van der Waals surface area contributed by atoms with Crippen molar-refractivity contribution in [3.8, 4) is 0 Å². The van der Waals surface area contributed by atoms with Crippen LogP contribution in [-0.4, -0.2) is 31.6 Å². The molecule has 5 nitrogen and oxygen atoms in total. The molecule has 1 aromatic carbocycles. The van der Waals surface area contributed by atoms with Crippen LogP contribution >= 0.6 is 11.8 Å². The summed E-state index contributed by atoms with van der Waals surface area (Å²) in [6.45, 7) is 5.53. The van der Waals surface area contributed by atoms with Crippen LogP contribution in [0.15, 0.2) is 29.4 Å². The van der Waals surface area contributed by atoms with Gasteiger partial charge in [0.05, 0.1) is 11.0 Å². The summed E-state index contributed by atoms with van der Waals surface area (Å²) < 4.78 is -1.49. The van der Waals surface area contributed by atoms with Crippen molar-refractivity contribution in [3.63, 3.8) is 0 Å². The Morgan fingerprint density at radius 1 is 1.36 bits per heavy atom. The number of carbonyl (C=O) groups excluding carboxylic acids is 1. The first-order valence-corrected chi connectivity index (χ1v) is 8.11. The zero-order valence-corrected chi connectivity index (χ0v) is 13.7. The molecule has 6 heteroatoms. The zero-order valence-electron chi connectivity index (χ0n) is 12.9. The number of carboxylic acid groups (broad SMARTS) is 1. The fourth-order valence-corrected chi connectivity index (χ4v) is 3.86. The fraction of sp³-hybridized carbons (Fsp3) is 0.438. The lowest BCUT2D eigenvalue weighted by Gasteiger charge is -2.27. The number of aliphatic carboxylic acids is 1. The summed E-state index contributed by atoms with van der Waals surface area (Å²) >= 11 is 1.02. The second-order valence-corrected chi connectivity index (χ2v) is 6.96. The second kappa shape index (κ2) is 6.52. The Hall–Kier alpha value is -1.82. The first-order chi connectivity index (χ1) is 10.4. The molecule has 0 aliphatic heterocycles. The normalized spacial score (nSPS) is 14.2. The van der Waals surface area contributed by atoms with E-state index in [0.717, 1.165) is 22.8 Å². The number of H-pyrrole nitrogens is 1. The number of aromatic nitrogens is 2. The molecular formula is C16H20N2O3S. The number of Topliss-reactive ketones (excluding diaryl/α,β-unsaturated/α-hetero) is 1. The van der Waals surface area contributed by atoms with Gasteiger partial charge in [-0.15, -0.1) is 0 Å². The molecule has 2 rings (SSSR count). The Bertz CT molecular complexity index is 663. The smallest absolute Gasteiger partial charge is 0.327 e.